The van der Waals surface area contributed by atoms with Gasteiger partial charge in [0.15, 0.2) is 0 Å². The van der Waals surface area contributed by atoms with Gasteiger partial charge < -0.3 is 9.15 Å². The number of para-hydroxylation sites is 2. The summed E-state index contributed by atoms with van der Waals surface area (Å²) in [7, 11) is 0. The van der Waals surface area contributed by atoms with Crippen molar-refractivity contribution in [1.82, 2.24) is 9.97 Å². The molecule has 0 fully saturated rings. The Morgan fingerprint density at radius 3 is 1.41 bits per heavy atom. The van der Waals surface area contributed by atoms with E-state index in [1.165, 1.54) is 87.7 Å². The van der Waals surface area contributed by atoms with Gasteiger partial charge in [-0.15, -0.1) is 0 Å². The molecule has 0 N–H and O–H groups in total. The molecule has 2 aliphatic heterocycles. The van der Waals surface area contributed by atoms with E-state index in [1.807, 2.05) is 17.8 Å². The van der Waals surface area contributed by atoms with Gasteiger partial charge in [-0.05, 0) is 172 Å². The van der Waals surface area contributed by atoms with E-state index >= 15 is 0 Å². The van der Waals surface area contributed by atoms with E-state index in [9.17, 15) is 0 Å². The van der Waals surface area contributed by atoms with Crippen molar-refractivity contribution in [2.75, 3.05) is 0 Å². The maximum atomic E-state index is 7.30. The van der Waals surface area contributed by atoms with E-state index < -0.39 is 10.8 Å². The Labute approximate surface area is 607 Å². The van der Waals surface area contributed by atoms with Crippen molar-refractivity contribution >= 4 is 33.7 Å². The summed E-state index contributed by atoms with van der Waals surface area (Å²) >= 11 is 1.94. The molecular weight excluding hydrogens is 1280 g/mol. The average molecular weight is 1340 g/mol. The topological polar surface area (TPSA) is 48.2 Å². The summed E-state index contributed by atoms with van der Waals surface area (Å²) in [6, 6.07) is 125. The largest absolute Gasteiger partial charge is 0.456 e. The molecule has 486 valence electrons. The lowest BCUT2D eigenvalue weighted by Gasteiger charge is -2.40. The van der Waals surface area contributed by atoms with Gasteiger partial charge in [-0.2, -0.15) is 0 Å². The molecule has 22 rings (SSSR count). The number of rotatable bonds is 7. The Bertz CT molecular complexity index is 6410. The second-order valence-corrected chi connectivity index (χ2v) is 29.9. The molecule has 0 amide bonds. The van der Waals surface area contributed by atoms with E-state index in [0.29, 0.717) is 0 Å². The van der Waals surface area contributed by atoms with Gasteiger partial charge in [0, 0.05) is 59.5 Å². The number of ether oxygens (including phenoxy) is 1. The molecule has 0 bridgehead atoms. The van der Waals surface area contributed by atoms with Gasteiger partial charge in [0.2, 0.25) is 0 Å². The number of hydrogen-bond donors (Lipinski definition) is 0. The third-order valence-electron chi connectivity index (χ3n) is 23.2. The maximum Gasteiger partial charge on any atom is 0.144 e. The van der Waals surface area contributed by atoms with Crippen LogP contribution in [-0.4, -0.2) is 9.97 Å². The fourth-order valence-electron chi connectivity index (χ4n) is 18.6. The fourth-order valence-corrected chi connectivity index (χ4v) is 20.0. The van der Waals surface area contributed by atoms with Gasteiger partial charge >= 0.3 is 0 Å². The quantitative estimate of drug-likeness (QED) is 0.159. The molecule has 1 unspecified atom stereocenters. The van der Waals surface area contributed by atoms with Gasteiger partial charge in [-0.25, -0.2) is 9.97 Å². The van der Waals surface area contributed by atoms with Crippen LogP contribution in [0.1, 0.15) is 69.5 Å². The third kappa shape index (κ3) is 8.27. The molecule has 104 heavy (non-hydrogen) atoms. The minimum atomic E-state index is -0.708. The SMILES string of the molecule is CC1(C)c2ccc(-c3cc(-c4ccc(-c5ccc6c(c5)-c5ccccc5C65c6ccccc6Oc6c5ccc5oc7c(-c8cc(-c9ccccc9)cc(-c9ccccc9)n8)cccc7c65)cc4)cc(-c4ccccc4)n3)cc2-c2c1ccc1c2Sc2ccccc2C12c1ccccc1-c1ccccc12. The molecule has 14 aromatic carbocycles. The molecule has 5 heterocycles. The number of fused-ring (bicyclic) bond motifs is 26. The second kappa shape index (κ2) is 22.2. The zero-order valence-electron chi connectivity index (χ0n) is 57.0. The Morgan fingerprint density at radius 1 is 0.288 bits per heavy atom. The zero-order chi connectivity index (χ0) is 68.6. The summed E-state index contributed by atoms with van der Waals surface area (Å²) in [5.74, 6) is 1.63. The monoisotopic (exact) mass is 1340 g/mol. The lowest BCUT2D eigenvalue weighted by atomic mass is 9.66. The lowest BCUT2D eigenvalue weighted by Crippen LogP contribution is -2.32. The summed E-state index contributed by atoms with van der Waals surface area (Å²) in [6.07, 6.45) is 0. The molecule has 1 atom stereocenters. The fraction of sp³-hybridized carbons (Fsp3) is 0.0505. The van der Waals surface area contributed by atoms with E-state index in [0.717, 1.165) is 123 Å². The number of nitrogens with zero attached hydrogens (tertiary/aromatic N) is 2. The molecule has 3 aliphatic carbocycles. The minimum Gasteiger partial charge on any atom is -0.456 e. The first kappa shape index (κ1) is 59.1. The molecule has 0 radical (unpaired) electrons. The number of benzene rings is 14. The van der Waals surface area contributed by atoms with Crippen LogP contribution >= 0.6 is 11.8 Å². The zero-order valence-corrected chi connectivity index (χ0v) is 57.8. The van der Waals surface area contributed by atoms with Gasteiger partial charge in [0.1, 0.15) is 22.7 Å². The van der Waals surface area contributed by atoms with E-state index in [1.54, 1.807) is 0 Å². The van der Waals surface area contributed by atoms with E-state index in [2.05, 4.69) is 347 Å². The lowest BCUT2D eigenvalue weighted by molar-refractivity contribution is 0.441. The molecule has 5 aliphatic rings. The van der Waals surface area contributed by atoms with Gasteiger partial charge in [0.05, 0.1) is 39.0 Å². The number of furan rings is 1. The van der Waals surface area contributed by atoms with Crippen LogP contribution in [0.5, 0.6) is 11.5 Å². The first-order valence-electron chi connectivity index (χ1n) is 35.9. The molecule has 3 aromatic heterocycles. The highest BCUT2D eigenvalue weighted by Crippen LogP contribution is 2.67. The second-order valence-electron chi connectivity index (χ2n) is 28.9. The summed E-state index contributed by atoms with van der Waals surface area (Å²) in [6.45, 7) is 4.81. The van der Waals surface area contributed by atoms with Crippen molar-refractivity contribution in [2.24, 2.45) is 0 Å². The van der Waals surface area contributed by atoms with E-state index in [4.69, 9.17) is 19.1 Å². The Kier molecular flexibility index (Phi) is 12.6. The molecule has 4 nitrogen and oxygen atoms in total. The van der Waals surface area contributed by atoms with Crippen molar-refractivity contribution in [3.8, 4) is 123 Å². The van der Waals surface area contributed by atoms with Crippen LogP contribution < -0.4 is 4.74 Å². The minimum absolute atomic E-state index is 0.230. The van der Waals surface area contributed by atoms with E-state index in [-0.39, 0.29) is 5.41 Å². The van der Waals surface area contributed by atoms with Crippen LogP contribution in [-0.2, 0) is 16.2 Å². The number of pyridine rings is 2. The van der Waals surface area contributed by atoms with Crippen LogP contribution in [0.15, 0.2) is 354 Å². The highest BCUT2D eigenvalue weighted by Gasteiger charge is 2.54. The number of hydrogen-bond acceptors (Lipinski definition) is 5. The first-order valence-corrected chi connectivity index (χ1v) is 36.7. The predicted molar refractivity (Wildman–Crippen MR) is 424 cm³/mol. The molecule has 5 heteroatoms. The molecule has 0 saturated heterocycles. The summed E-state index contributed by atoms with van der Waals surface area (Å²) in [5.41, 5.74) is 34.9. The predicted octanol–water partition coefficient (Wildman–Crippen LogP) is 25.6. The summed E-state index contributed by atoms with van der Waals surface area (Å²) in [5, 5.41) is 1.92. The average Bonchev–Trinajstić information content (AvgIpc) is 1.50. The van der Waals surface area contributed by atoms with Crippen LogP contribution in [0.4, 0.5) is 0 Å². The van der Waals surface area contributed by atoms with Crippen molar-refractivity contribution in [1.29, 1.82) is 0 Å². The maximum absolute atomic E-state index is 7.30. The smallest absolute Gasteiger partial charge is 0.144 e. The van der Waals surface area contributed by atoms with Crippen LogP contribution in [0, 0.1) is 0 Å². The Hall–Kier alpha value is -12.7. The normalized spacial score (nSPS) is 15.2. The van der Waals surface area contributed by atoms with Gasteiger partial charge in [0.25, 0.3) is 0 Å². The highest BCUT2D eigenvalue weighted by atomic mass is 32.2. The van der Waals surface area contributed by atoms with Crippen molar-refractivity contribution in [3.63, 3.8) is 0 Å². The first-order chi connectivity index (χ1) is 51.3. The van der Waals surface area contributed by atoms with Crippen molar-refractivity contribution in [3.05, 3.63) is 395 Å². The van der Waals surface area contributed by atoms with Crippen molar-refractivity contribution < 1.29 is 9.15 Å². The van der Waals surface area contributed by atoms with Crippen LogP contribution in [0.3, 0.4) is 0 Å². The summed E-state index contributed by atoms with van der Waals surface area (Å²) < 4.78 is 14.4. The molecule has 17 aromatic rings. The highest BCUT2D eigenvalue weighted by molar-refractivity contribution is 7.99. The molecule has 0 saturated carbocycles. The Morgan fingerprint density at radius 2 is 0.740 bits per heavy atom. The van der Waals surface area contributed by atoms with Crippen molar-refractivity contribution in [2.45, 2.75) is 39.9 Å². The van der Waals surface area contributed by atoms with Gasteiger partial charge in [-0.3, -0.25) is 0 Å². The molecular formula is C99H62N2O2S. The summed E-state index contributed by atoms with van der Waals surface area (Å²) in [4.78, 5) is 13.6. The van der Waals surface area contributed by atoms with Crippen LogP contribution in [0.25, 0.3) is 134 Å². The third-order valence-corrected chi connectivity index (χ3v) is 24.4. The number of aromatic nitrogens is 2. The van der Waals surface area contributed by atoms with Gasteiger partial charge in [-0.1, -0.05) is 299 Å². The molecule has 2 spiro atoms. The van der Waals surface area contributed by atoms with Crippen LogP contribution in [0.2, 0.25) is 0 Å². The standard InChI is InChI=1S/C99H62N2O2S/c1-97(2)75-47-46-65(54-74(75)92-82(97)49-50-84-96(92)104-91-40-21-19-38-81(91)99(84)76-34-15-12-29-68(76)69-30-13-16-35-77(69)99)87-57-66(55-85(100-87)62-25-8-4-9-26-62)61-43-41-60(42-44-61)64-45-48-79-73(53-64)70-31-14-17-36-78(70)98(79)80-37-18-20-39-89(80)102-95-83(98)51-52-90-93(95)72-33-22-32-71(94(72)103-90)88-58-67(59-23-6-3-7-24-59)56-86(101-88)63-27-10-5-11-28-63/h3-58H,1-2H3. The Balaban J connectivity index is 0.649.